The third-order valence-electron chi connectivity index (χ3n) is 4.35. The second-order valence-electron chi connectivity index (χ2n) is 6.32. The van der Waals surface area contributed by atoms with Crippen LogP contribution in [0.25, 0.3) is 0 Å². The van der Waals surface area contributed by atoms with Crippen molar-refractivity contribution < 1.29 is 5.11 Å². The van der Waals surface area contributed by atoms with Crippen LogP contribution in [-0.4, -0.2) is 36.3 Å². The zero-order valence-electron chi connectivity index (χ0n) is 13.8. The molecule has 4 nitrogen and oxygen atoms in total. The van der Waals surface area contributed by atoms with E-state index in [1.54, 1.807) is 0 Å². The molecule has 0 heterocycles. The Kier molecular flexibility index (Phi) is 6.25. The van der Waals surface area contributed by atoms with Crippen molar-refractivity contribution in [3.8, 4) is 0 Å². The van der Waals surface area contributed by atoms with Crippen LogP contribution < -0.4 is 10.6 Å². The average molecular weight is 303 g/mol. The van der Waals surface area contributed by atoms with Crippen LogP contribution in [0.4, 0.5) is 0 Å². The van der Waals surface area contributed by atoms with Gasteiger partial charge in [0.2, 0.25) is 0 Å². The van der Waals surface area contributed by atoms with Gasteiger partial charge in [0, 0.05) is 13.1 Å². The van der Waals surface area contributed by atoms with Gasteiger partial charge in [0.05, 0.1) is 12.1 Å². The highest BCUT2D eigenvalue weighted by Gasteiger charge is 2.30. The van der Waals surface area contributed by atoms with Gasteiger partial charge in [-0.25, -0.2) is 0 Å². The third-order valence-corrected chi connectivity index (χ3v) is 4.35. The van der Waals surface area contributed by atoms with Gasteiger partial charge in [-0.15, -0.1) is 0 Å². The first-order valence-corrected chi connectivity index (χ1v) is 8.42. The number of hydrogen-bond donors (Lipinski definition) is 3. The van der Waals surface area contributed by atoms with Crippen molar-refractivity contribution >= 4 is 5.96 Å². The molecule has 0 aromatic heterocycles. The van der Waals surface area contributed by atoms with E-state index in [1.807, 2.05) is 6.07 Å². The molecule has 2 rings (SSSR count). The zero-order valence-corrected chi connectivity index (χ0v) is 13.8. The number of benzene rings is 1. The molecule has 1 aromatic carbocycles. The van der Waals surface area contributed by atoms with Crippen LogP contribution in [0.1, 0.15) is 51.0 Å². The molecule has 0 bridgehead atoms. The highest BCUT2D eigenvalue weighted by Crippen LogP contribution is 2.29. The van der Waals surface area contributed by atoms with E-state index >= 15 is 0 Å². The lowest BCUT2D eigenvalue weighted by molar-refractivity contribution is 0.0574. The molecule has 1 unspecified atom stereocenters. The van der Waals surface area contributed by atoms with Gasteiger partial charge in [-0.05, 0) is 31.2 Å². The molecule has 22 heavy (non-hydrogen) atoms. The minimum Gasteiger partial charge on any atom is -0.388 e. The van der Waals surface area contributed by atoms with Crippen molar-refractivity contribution in [2.45, 2.75) is 51.0 Å². The minimum absolute atomic E-state index is 0.416. The van der Waals surface area contributed by atoms with E-state index in [4.69, 9.17) is 0 Å². The SMILES string of the molecule is CCNC(=NCC1(O)CCCC1)NCC(C)c1ccccc1. The fourth-order valence-electron chi connectivity index (χ4n) is 2.91. The lowest BCUT2D eigenvalue weighted by atomic mass is 10.0. The Balaban J connectivity index is 1.88. The molecule has 0 amide bonds. The number of aliphatic imine (C=N–C) groups is 1. The summed E-state index contributed by atoms with van der Waals surface area (Å²) >= 11 is 0. The van der Waals surface area contributed by atoms with Gasteiger partial charge in [-0.3, -0.25) is 4.99 Å². The predicted octanol–water partition coefficient (Wildman–Crippen LogP) is 2.65. The molecular weight excluding hydrogens is 274 g/mol. The van der Waals surface area contributed by atoms with Crippen molar-refractivity contribution in [1.29, 1.82) is 0 Å². The summed E-state index contributed by atoms with van der Waals surface area (Å²) < 4.78 is 0. The molecule has 1 aliphatic carbocycles. The van der Waals surface area contributed by atoms with Crippen molar-refractivity contribution in [3.63, 3.8) is 0 Å². The molecule has 0 aliphatic heterocycles. The maximum absolute atomic E-state index is 10.4. The first-order chi connectivity index (χ1) is 10.6. The Bertz CT molecular complexity index is 466. The van der Waals surface area contributed by atoms with Crippen LogP contribution in [0.2, 0.25) is 0 Å². The van der Waals surface area contributed by atoms with Crippen molar-refractivity contribution in [1.82, 2.24) is 10.6 Å². The first kappa shape index (κ1) is 16.8. The van der Waals surface area contributed by atoms with E-state index in [-0.39, 0.29) is 0 Å². The topological polar surface area (TPSA) is 56.7 Å². The van der Waals surface area contributed by atoms with Crippen LogP contribution in [0.5, 0.6) is 0 Å². The first-order valence-electron chi connectivity index (χ1n) is 8.42. The summed E-state index contributed by atoms with van der Waals surface area (Å²) in [6.07, 6.45) is 3.97. The molecule has 1 aromatic rings. The van der Waals surface area contributed by atoms with E-state index in [9.17, 15) is 5.11 Å². The van der Waals surface area contributed by atoms with Crippen LogP contribution in [0.3, 0.4) is 0 Å². The normalized spacial score (nSPS) is 19.0. The van der Waals surface area contributed by atoms with E-state index in [0.29, 0.717) is 12.5 Å². The fraction of sp³-hybridized carbons (Fsp3) is 0.611. The number of nitrogens with zero attached hydrogens (tertiary/aromatic N) is 1. The van der Waals surface area contributed by atoms with Gasteiger partial charge in [-0.1, -0.05) is 50.1 Å². The molecule has 0 spiro atoms. The van der Waals surface area contributed by atoms with Gasteiger partial charge < -0.3 is 15.7 Å². The molecule has 1 saturated carbocycles. The highest BCUT2D eigenvalue weighted by atomic mass is 16.3. The van der Waals surface area contributed by atoms with Crippen molar-refractivity contribution in [2.75, 3.05) is 19.6 Å². The Morgan fingerprint density at radius 1 is 1.23 bits per heavy atom. The van der Waals surface area contributed by atoms with Gasteiger partial charge in [0.1, 0.15) is 0 Å². The summed E-state index contributed by atoms with van der Waals surface area (Å²) in [4.78, 5) is 4.58. The maximum Gasteiger partial charge on any atom is 0.191 e. The Morgan fingerprint density at radius 3 is 2.55 bits per heavy atom. The van der Waals surface area contributed by atoms with Crippen molar-refractivity contribution in [2.24, 2.45) is 4.99 Å². The predicted molar refractivity (Wildman–Crippen MR) is 92.3 cm³/mol. The van der Waals surface area contributed by atoms with Crippen molar-refractivity contribution in [3.05, 3.63) is 35.9 Å². The molecule has 4 heteroatoms. The summed E-state index contributed by atoms with van der Waals surface area (Å²) in [6, 6.07) is 10.5. The lowest BCUT2D eigenvalue weighted by Crippen LogP contribution is -2.40. The quantitative estimate of drug-likeness (QED) is 0.559. The summed E-state index contributed by atoms with van der Waals surface area (Å²) in [6.45, 7) is 6.40. The van der Waals surface area contributed by atoms with E-state index < -0.39 is 5.60 Å². The number of guanidine groups is 1. The van der Waals surface area contributed by atoms with Crippen LogP contribution in [-0.2, 0) is 0 Å². The number of hydrogen-bond acceptors (Lipinski definition) is 2. The summed E-state index contributed by atoms with van der Waals surface area (Å²) in [5.74, 6) is 1.21. The fourth-order valence-corrected chi connectivity index (χ4v) is 2.91. The molecular formula is C18H29N3O. The Hall–Kier alpha value is -1.55. The molecule has 122 valence electrons. The Morgan fingerprint density at radius 2 is 1.91 bits per heavy atom. The van der Waals surface area contributed by atoms with Crippen LogP contribution in [0, 0.1) is 0 Å². The second kappa shape index (κ2) is 8.18. The monoisotopic (exact) mass is 303 g/mol. The second-order valence-corrected chi connectivity index (χ2v) is 6.32. The highest BCUT2D eigenvalue weighted by molar-refractivity contribution is 5.79. The van der Waals surface area contributed by atoms with Gasteiger partial charge in [0.25, 0.3) is 0 Å². The zero-order chi connectivity index (χ0) is 15.8. The van der Waals surface area contributed by atoms with Gasteiger partial charge in [-0.2, -0.15) is 0 Å². The smallest absolute Gasteiger partial charge is 0.191 e. The third kappa shape index (κ3) is 5.02. The summed E-state index contributed by atoms with van der Waals surface area (Å²) in [5, 5.41) is 17.0. The minimum atomic E-state index is -0.590. The van der Waals surface area contributed by atoms with Crippen LogP contribution in [0.15, 0.2) is 35.3 Å². The number of aliphatic hydroxyl groups is 1. The molecule has 1 atom stereocenters. The van der Waals surface area contributed by atoms with Gasteiger partial charge >= 0.3 is 0 Å². The molecule has 1 fully saturated rings. The standard InChI is InChI=1S/C18H29N3O/c1-3-19-17(21-14-18(22)11-7-8-12-18)20-13-15(2)16-9-5-4-6-10-16/h4-6,9-10,15,22H,3,7-8,11-14H2,1-2H3,(H2,19,20,21). The molecule has 0 radical (unpaired) electrons. The molecule has 3 N–H and O–H groups in total. The maximum atomic E-state index is 10.4. The van der Waals surface area contributed by atoms with E-state index in [1.165, 1.54) is 5.56 Å². The molecule has 1 aliphatic rings. The molecule has 0 saturated heterocycles. The van der Waals surface area contributed by atoms with Gasteiger partial charge in [0.15, 0.2) is 5.96 Å². The van der Waals surface area contributed by atoms with E-state index in [2.05, 4.69) is 53.7 Å². The largest absolute Gasteiger partial charge is 0.388 e. The lowest BCUT2D eigenvalue weighted by Gasteiger charge is -2.21. The summed E-state index contributed by atoms with van der Waals surface area (Å²) in [7, 11) is 0. The average Bonchev–Trinajstić information content (AvgIpc) is 2.98. The van der Waals surface area contributed by atoms with E-state index in [0.717, 1.165) is 44.7 Å². The van der Waals surface area contributed by atoms with Crippen LogP contribution >= 0.6 is 0 Å². The summed E-state index contributed by atoms with van der Waals surface area (Å²) in [5.41, 5.74) is 0.730. The number of rotatable bonds is 6. The Labute approximate surface area is 134 Å². The number of nitrogens with one attached hydrogen (secondary N) is 2.